The van der Waals surface area contributed by atoms with Gasteiger partial charge in [0, 0.05) is 34.0 Å². The highest BCUT2D eigenvalue weighted by Gasteiger charge is 2.20. The summed E-state index contributed by atoms with van der Waals surface area (Å²) in [5.74, 6) is 0.795. The third-order valence-corrected chi connectivity index (χ3v) is 5.49. The second-order valence-electron chi connectivity index (χ2n) is 5.50. The molecule has 1 amide bonds. The lowest BCUT2D eigenvalue weighted by Gasteiger charge is -2.18. The summed E-state index contributed by atoms with van der Waals surface area (Å²) in [6.07, 6.45) is 0. The number of fused-ring (bicyclic) bond motifs is 2. The van der Waals surface area contributed by atoms with Crippen LogP contribution in [0.25, 0.3) is 10.1 Å². The number of thiophene rings is 1. The summed E-state index contributed by atoms with van der Waals surface area (Å²) in [7, 11) is 0. The number of rotatable bonds is 3. The van der Waals surface area contributed by atoms with Crippen LogP contribution in [0.2, 0.25) is 5.02 Å². The van der Waals surface area contributed by atoms with Gasteiger partial charge in [-0.2, -0.15) is 0 Å². The van der Waals surface area contributed by atoms with Crippen molar-refractivity contribution in [2.45, 2.75) is 0 Å². The van der Waals surface area contributed by atoms with Gasteiger partial charge in [0.25, 0.3) is 11.6 Å². The zero-order chi connectivity index (χ0) is 18.3. The lowest BCUT2D eigenvalue weighted by atomic mass is 10.2. The molecule has 1 aromatic heterocycles. The van der Waals surface area contributed by atoms with Gasteiger partial charge in [0.15, 0.2) is 11.5 Å². The number of hydrogen-bond acceptors (Lipinski definition) is 6. The fourth-order valence-corrected chi connectivity index (χ4v) is 4.07. The number of non-ortho nitro benzene ring substituents is 1. The van der Waals surface area contributed by atoms with Crippen molar-refractivity contribution < 1.29 is 19.2 Å². The summed E-state index contributed by atoms with van der Waals surface area (Å²) in [5.41, 5.74) is 0.493. The molecule has 0 radical (unpaired) electrons. The summed E-state index contributed by atoms with van der Waals surface area (Å²) in [4.78, 5) is 23.3. The predicted octanol–water partition coefficient (Wildman–Crippen LogP) is 4.49. The van der Waals surface area contributed by atoms with E-state index in [2.05, 4.69) is 5.32 Å². The SMILES string of the molecule is O=C(Nc1ccc2c(c1)OCCO2)c1sc2cc([N+](=O)[O-])ccc2c1Cl. The molecule has 0 unspecified atom stereocenters. The van der Waals surface area contributed by atoms with E-state index < -0.39 is 10.8 Å². The Morgan fingerprint density at radius 1 is 1.15 bits per heavy atom. The van der Waals surface area contributed by atoms with Gasteiger partial charge in [-0.05, 0) is 18.2 Å². The molecule has 2 heterocycles. The quantitative estimate of drug-likeness (QED) is 0.525. The normalized spacial score (nSPS) is 12.8. The summed E-state index contributed by atoms with van der Waals surface area (Å²) in [6.45, 7) is 0.938. The first kappa shape index (κ1) is 16.6. The Kier molecular flexibility index (Phi) is 4.14. The Labute approximate surface area is 156 Å². The van der Waals surface area contributed by atoms with Gasteiger partial charge < -0.3 is 14.8 Å². The Hall–Kier alpha value is -2.84. The van der Waals surface area contributed by atoms with Gasteiger partial charge in [-0.3, -0.25) is 14.9 Å². The van der Waals surface area contributed by atoms with Gasteiger partial charge in [-0.15, -0.1) is 11.3 Å². The molecule has 2 aromatic carbocycles. The van der Waals surface area contributed by atoms with Crippen molar-refractivity contribution in [1.82, 2.24) is 0 Å². The highest BCUT2D eigenvalue weighted by atomic mass is 35.5. The number of carbonyl (C=O) groups excluding carboxylic acids is 1. The minimum atomic E-state index is -0.484. The van der Waals surface area contributed by atoms with Gasteiger partial charge in [0.1, 0.15) is 18.1 Å². The van der Waals surface area contributed by atoms with E-state index >= 15 is 0 Å². The summed E-state index contributed by atoms with van der Waals surface area (Å²) < 4.78 is 11.5. The van der Waals surface area contributed by atoms with Crippen LogP contribution >= 0.6 is 22.9 Å². The average Bonchev–Trinajstić information content (AvgIpc) is 2.98. The number of ether oxygens (including phenoxy) is 2. The van der Waals surface area contributed by atoms with Crippen molar-refractivity contribution in [1.29, 1.82) is 0 Å². The molecule has 132 valence electrons. The van der Waals surface area contributed by atoms with Crippen molar-refractivity contribution in [3.63, 3.8) is 0 Å². The molecule has 3 aromatic rings. The van der Waals surface area contributed by atoms with Crippen molar-refractivity contribution in [2.24, 2.45) is 0 Å². The molecular formula is C17H11ClN2O5S. The highest BCUT2D eigenvalue weighted by Crippen LogP contribution is 2.38. The fourth-order valence-electron chi connectivity index (χ4n) is 2.62. The number of amides is 1. The van der Waals surface area contributed by atoms with Gasteiger partial charge in [-0.25, -0.2) is 0 Å². The minimum Gasteiger partial charge on any atom is -0.486 e. The predicted molar refractivity (Wildman–Crippen MR) is 98.9 cm³/mol. The van der Waals surface area contributed by atoms with Crippen LogP contribution in [0.1, 0.15) is 9.67 Å². The molecule has 9 heteroatoms. The van der Waals surface area contributed by atoms with Crippen LogP contribution in [-0.2, 0) is 0 Å². The van der Waals surface area contributed by atoms with Crippen molar-refractivity contribution in [3.05, 3.63) is 56.4 Å². The number of nitro benzene ring substituents is 1. The topological polar surface area (TPSA) is 90.7 Å². The first-order chi connectivity index (χ1) is 12.5. The van der Waals surface area contributed by atoms with E-state index in [1.54, 1.807) is 24.3 Å². The molecule has 0 aliphatic carbocycles. The van der Waals surface area contributed by atoms with Crippen LogP contribution < -0.4 is 14.8 Å². The number of nitro groups is 1. The molecular weight excluding hydrogens is 380 g/mol. The summed E-state index contributed by atoms with van der Waals surface area (Å²) in [6, 6.07) is 9.43. The summed E-state index contributed by atoms with van der Waals surface area (Å²) >= 11 is 7.41. The molecule has 0 bridgehead atoms. The van der Waals surface area contributed by atoms with Crippen LogP contribution in [0.15, 0.2) is 36.4 Å². The molecule has 1 aliphatic rings. The van der Waals surface area contributed by atoms with E-state index in [1.165, 1.54) is 12.1 Å². The van der Waals surface area contributed by atoms with E-state index in [0.717, 1.165) is 11.3 Å². The zero-order valence-electron chi connectivity index (χ0n) is 13.2. The minimum absolute atomic E-state index is 0.0470. The van der Waals surface area contributed by atoms with Crippen LogP contribution in [0.4, 0.5) is 11.4 Å². The van der Waals surface area contributed by atoms with Gasteiger partial charge in [-0.1, -0.05) is 11.6 Å². The lowest BCUT2D eigenvalue weighted by molar-refractivity contribution is -0.384. The Morgan fingerprint density at radius 2 is 1.92 bits per heavy atom. The van der Waals surface area contributed by atoms with Crippen LogP contribution in [0.3, 0.4) is 0 Å². The van der Waals surface area contributed by atoms with Gasteiger partial charge >= 0.3 is 0 Å². The van der Waals surface area contributed by atoms with Crippen molar-refractivity contribution in [2.75, 3.05) is 18.5 Å². The summed E-state index contributed by atoms with van der Waals surface area (Å²) in [5, 5.41) is 14.5. The maximum absolute atomic E-state index is 12.6. The number of nitrogens with zero attached hydrogens (tertiary/aromatic N) is 1. The zero-order valence-corrected chi connectivity index (χ0v) is 14.7. The molecule has 0 saturated heterocycles. The maximum Gasteiger partial charge on any atom is 0.270 e. The molecule has 1 aliphatic heterocycles. The number of nitrogens with one attached hydrogen (secondary N) is 1. The van der Waals surface area contributed by atoms with Crippen molar-refractivity contribution in [3.8, 4) is 11.5 Å². The number of benzene rings is 2. The molecule has 4 rings (SSSR count). The maximum atomic E-state index is 12.6. The molecule has 0 saturated carbocycles. The van der Waals surface area contributed by atoms with Gasteiger partial charge in [0.2, 0.25) is 0 Å². The second kappa shape index (κ2) is 6.47. The molecule has 0 spiro atoms. The average molecular weight is 391 g/mol. The standard InChI is InChI=1S/C17H11ClN2O5S/c18-15-11-3-2-10(20(22)23)8-14(11)26-16(15)17(21)19-9-1-4-12-13(7-9)25-6-5-24-12/h1-4,7-8H,5-6H2,(H,19,21). The number of hydrogen-bond donors (Lipinski definition) is 1. The van der Waals surface area contributed by atoms with E-state index in [1.807, 2.05) is 0 Å². The Morgan fingerprint density at radius 3 is 2.69 bits per heavy atom. The first-order valence-corrected chi connectivity index (χ1v) is 8.80. The molecule has 1 N–H and O–H groups in total. The molecule has 0 atom stereocenters. The Bertz CT molecular complexity index is 1050. The molecule has 26 heavy (non-hydrogen) atoms. The van der Waals surface area contributed by atoms with Crippen molar-refractivity contribution >= 4 is 50.3 Å². The first-order valence-electron chi connectivity index (χ1n) is 7.60. The van der Waals surface area contributed by atoms with Crippen LogP contribution in [0.5, 0.6) is 11.5 Å². The van der Waals surface area contributed by atoms with Crippen LogP contribution in [-0.4, -0.2) is 24.0 Å². The third-order valence-electron chi connectivity index (χ3n) is 3.83. The lowest BCUT2D eigenvalue weighted by Crippen LogP contribution is -2.16. The Balaban J connectivity index is 1.63. The highest BCUT2D eigenvalue weighted by molar-refractivity contribution is 7.21. The fraction of sp³-hybridized carbons (Fsp3) is 0.118. The smallest absolute Gasteiger partial charge is 0.270 e. The largest absolute Gasteiger partial charge is 0.486 e. The number of halogens is 1. The molecule has 0 fully saturated rings. The van der Waals surface area contributed by atoms with E-state index in [4.69, 9.17) is 21.1 Å². The van der Waals surface area contributed by atoms with Crippen LogP contribution in [0, 0.1) is 10.1 Å². The molecule has 7 nitrogen and oxygen atoms in total. The number of carbonyl (C=O) groups is 1. The second-order valence-corrected chi connectivity index (χ2v) is 6.93. The number of anilines is 1. The third kappa shape index (κ3) is 2.93. The monoisotopic (exact) mass is 390 g/mol. The van der Waals surface area contributed by atoms with E-state index in [0.29, 0.717) is 40.5 Å². The van der Waals surface area contributed by atoms with Gasteiger partial charge in [0.05, 0.1) is 9.95 Å². The van der Waals surface area contributed by atoms with E-state index in [-0.39, 0.29) is 15.6 Å². The van der Waals surface area contributed by atoms with E-state index in [9.17, 15) is 14.9 Å².